The second-order valence-electron chi connectivity index (χ2n) is 11.2. The first kappa shape index (κ1) is 31.5. The van der Waals surface area contributed by atoms with Crippen molar-refractivity contribution < 1.29 is 33.8 Å². The lowest BCUT2D eigenvalue weighted by atomic mass is 9.94. The van der Waals surface area contributed by atoms with Crippen LogP contribution in [0, 0.1) is 0 Å². The highest BCUT2D eigenvalue weighted by Crippen LogP contribution is 2.48. The van der Waals surface area contributed by atoms with Crippen LogP contribution in [-0.4, -0.2) is 83.3 Å². The fraction of sp³-hybridized carbons (Fsp3) is 0.364. The molecule has 1 saturated heterocycles. The molecule has 12 nitrogen and oxygen atoms in total. The number of nitrogens with zero attached hydrogens (tertiary/aromatic N) is 2. The van der Waals surface area contributed by atoms with Crippen molar-refractivity contribution in [1.29, 1.82) is 0 Å². The third-order valence-corrected chi connectivity index (χ3v) is 8.07. The van der Waals surface area contributed by atoms with Crippen LogP contribution in [0.2, 0.25) is 0 Å². The first-order valence-electron chi connectivity index (χ1n) is 14.9. The van der Waals surface area contributed by atoms with Gasteiger partial charge in [-0.1, -0.05) is 66.7 Å². The lowest BCUT2D eigenvalue weighted by molar-refractivity contribution is -0.142. The topological polar surface area (TPSA) is 159 Å². The number of carbonyl (C=O) groups excluding carboxylic acids is 3. The lowest BCUT2D eigenvalue weighted by Crippen LogP contribution is -2.51. The Morgan fingerprint density at radius 3 is 2.36 bits per heavy atom. The number of aromatic nitrogens is 1. The van der Waals surface area contributed by atoms with Crippen LogP contribution in [-0.2, 0) is 35.9 Å². The van der Waals surface area contributed by atoms with E-state index in [1.807, 2.05) is 78.9 Å². The number of rotatable bonds is 14. The smallest absolute Gasteiger partial charge is 0.410 e. The second kappa shape index (κ2) is 14.7. The summed E-state index contributed by atoms with van der Waals surface area (Å²) < 4.78 is 11.4. The van der Waals surface area contributed by atoms with Gasteiger partial charge in [0.25, 0.3) is 0 Å². The Morgan fingerprint density at radius 2 is 1.69 bits per heavy atom. The zero-order valence-electron chi connectivity index (χ0n) is 24.8. The molecule has 3 unspecified atom stereocenters. The Bertz CT molecular complexity index is 1450. The summed E-state index contributed by atoms with van der Waals surface area (Å²) in [6, 6.07) is 22.5. The first-order valence-corrected chi connectivity index (χ1v) is 14.9. The normalized spacial score (nSPS) is 18.8. The monoisotopic (exact) mass is 615 g/mol. The van der Waals surface area contributed by atoms with Crippen LogP contribution in [0.5, 0.6) is 0 Å². The van der Waals surface area contributed by atoms with Crippen LogP contribution in [0.1, 0.15) is 30.4 Å². The molecule has 2 aromatic carbocycles. The fourth-order valence-corrected chi connectivity index (χ4v) is 5.39. The number of aliphatic carboxylic acids is 1. The highest BCUT2D eigenvalue weighted by atomic mass is 16.6. The number of carbonyl (C=O) groups is 4. The van der Waals surface area contributed by atoms with Crippen LogP contribution in [0.25, 0.3) is 0 Å². The standard InChI is InChI=1S/C33H37N5O7/c39-29(36-19-27(30(40)41)37-31(42)33(14-15-33)24-11-5-2-6-12-24)22-44-26-17-25(18-35-28-13-7-8-16-34-28)38(20-26)32(43)45-21-23-9-3-1-4-10-23/h1-13,16,25-27H,14-15,17-22H2,(H,34,35)(H,36,39)(H,37,42)(H,40,41). The number of carboxylic acid groups (broad SMARTS) is 1. The Labute approximate surface area is 261 Å². The van der Waals surface area contributed by atoms with Gasteiger partial charge >= 0.3 is 12.1 Å². The average Bonchev–Trinajstić information content (AvgIpc) is 3.79. The molecule has 3 atom stereocenters. The molecule has 45 heavy (non-hydrogen) atoms. The van der Waals surface area contributed by atoms with E-state index in [1.165, 1.54) is 0 Å². The van der Waals surface area contributed by atoms with Crippen molar-refractivity contribution in [3.8, 4) is 0 Å². The minimum atomic E-state index is -1.30. The molecule has 4 N–H and O–H groups in total. The summed E-state index contributed by atoms with van der Waals surface area (Å²) in [6.45, 7) is 0.0939. The molecule has 1 aromatic heterocycles. The molecule has 3 aromatic rings. The molecule has 1 saturated carbocycles. The molecule has 3 amide bonds. The predicted octanol–water partition coefficient (Wildman–Crippen LogP) is 2.71. The molecular weight excluding hydrogens is 578 g/mol. The summed E-state index contributed by atoms with van der Waals surface area (Å²) >= 11 is 0. The van der Waals surface area contributed by atoms with E-state index in [4.69, 9.17) is 9.47 Å². The number of hydrogen-bond acceptors (Lipinski definition) is 8. The van der Waals surface area contributed by atoms with Gasteiger partial charge in [-0.05, 0) is 42.5 Å². The van der Waals surface area contributed by atoms with Crippen LogP contribution in [0.3, 0.4) is 0 Å². The molecule has 0 spiro atoms. The maximum absolute atomic E-state index is 13.1. The highest BCUT2D eigenvalue weighted by Gasteiger charge is 2.51. The van der Waals surface area contributed by atoms with Crippen molar-refractivity contribution in [3.63, 3.8) is 0 Å². The third-order valence-electron chi connectivity index (χ3n) is 8.07. The molecule has 236 valence electrons. The molecule has 5 rings (SSSR count). The van der Waals surface area contributed by atoms with Crippen LogP contribution < -0.4 is 16.0 Å². The minimum Gasteiger partial charge on any atom is -0.480 e. The van der Waals surface area contributed by atoms with Crippen molar-refractivity contribution >= 4 is 29.7 Å². The van der Waals surface area contributed by atoms with Crippen LogP contribution in [0.15, 0.2) is 85.1 Å². The number of pyridine rings is 1. The Hall–Kier alpha value is -4.97. The summed E-state index contributed by atoms with van der Waals surface area (Å²) in [5.74, 6) is -1.50. The first-order chi connectivity index (χ1) is 21.8. The van der Waals surface area contributed by atoms with Gasteiger partial charge in [-0.2, -0.15) is 0 Å². The van der Waals surface area contributed by atoms with E-state index in [0.717, 1.165) is 11.1 Å². The lowest BCUT2D eigenvalue weighted by Gasteiger charge is -2.24. The van der Waals surface area contributed by atoms with Gasteiger partial charge in [0.15, 0.2) is 0 Å². The minimum absolute atomic E-state index is 0.123. The highest BCUT2D eigenvalue weighted by molar-refractivity contribution is 5.94. The molecular formula is C33H37N5O7. The molecule has 1 aliphatic heterocycles. The van der Waals surface area contributed by atoms with Crippen LogP contribution >= 0.6 is 0 Å². The number of anilines is 1. The van der Waals surface area contributed by atoms with Gasteiger partial charge in [0, 0.05) is 19.3 Å². The maximum atomic E-state index is 13.1. The number of ether oxygens (including phenoxy) is 2. The van der Waals surface area contributed by atoms with Crippen LogP contribution in [0.4, 0.5) is 10.6 Å². The predicted molar refractivity (Wildman–Crippen MR) is 164 cm³/mol. The van der Waals surface area contributed by atoms with Gasteiger partial charge in [-0.15, -0.1) is 0 Å². The number of amides is 3. The van der Waals surface area contributed by atoms with Gasteiger partial charge < -0.3 is 35.4 Å². The molecule has 2 fully saturated rings. The van der Waals surface area contributed by atoms with E-state index >= 15 is 0 Å². The molecule has 0 bridgehead atoms. The van der Waals surface area contributed by atoms with E-state index in [1.54, 1.807) is 11.1 Å². The Balaban J connectivity index is 1.11. The summed E-state index contributed by atoms with van der Waals surface area (Å²) in [5, 5.41) is 18.1. The zero-order valence-corrected chi connectivity index (χ0v) is 24.8. The summed E-state index contributed by atoms with van der Waals surface area (Å²) in [7, 11) is 0. The fourth-order valence-electron chi connectivity index (χ4n) is 5.39. The quantitative estimate of drug-likeness (QED) is 0.214. The number of likely N-dealkylation sites (tertiary alicyclic amines) is 1. The van der Waals surface area contributed by atoms with Crippen molar-refractivity contribution in [2.24, 2.45) is 0 Å². The van der Waals surface area contributed by atoms with Gasteiger partial charge in [0.2, 0.25) is 11.8 Å². The summed E-state index contributed by atoms with van der Waals surface area (Å²) in [4.78, 5) is 56.4. The van der Waals surface area contributed by atoms with Crippen molar-refractivity contribution in [2.75, 3.05) is 31.6 Å². The molecule has 1 aliphatic carbocycles. The molecule has 12 heteroatoms. The van der Waals surface area contributed by atoms with Gasteiger partial charge in [0.1, 0.15) is 25.1 Å². The van der Waals surface area contributed by atoms with Crippen molar-refractivity contribution in [2.45, 2.75) is 49.5 Å². The van der Waals surface area contributed by atoms with E-state index in [9.17, 15) is 24.3 Å². The van der Waals surface area contributed by atoms with Gasteiger partial charge in [-0.25, -0.2) is 14.6 Å². The van der Waals surface area contributed by atoms with Crippen molar-refractivity contribution in [1.82, 2.24) is 20.5 Å². The Kier molecular flexibility index (Phi) is 10.3. The van der Waals surface area contributed by atoms with E-state index < -0.39 is 35.5 Å². The second-order valence-corrected chi connectivity index (χ2v) is 11.2. The van der Waals surface area contributed by atoms with Gasteiger partial charge in [-0.3, -0.25) is 9.59 Å². The molecule has 2 heterocycles. The summed E-state index contributed by atoms with van der Waals surface area (Å²) in [5.41, 5.74) is 0.966. The number of carboxylic acids is 1. The number of nitrogens with one attached hydrogen (secondary N) is 3. The number of hydrogen-bond donors (Lipinski definition) is 4. The van der Waals surface area contributed by atoms with E-state index in [-0.39, 0.29) is 38.3 Å². The summed E-state index contributed by atoms with van der Waals surface area (Å²) in [6.07, 6.45) is 2.43. The van der Waals surface area contributed by atoms with E-state index in [0.29, 0.717) is 31.6 Å². The van der Waals surface area contributed by atoms with Gasteiger partial charge in [0.05, 0.1) is 24.1 Å². The number of benzene rings is 2. The zero-order chi connectivity index (χ0) is 31.6. The largest absolute Gasteiger partial charge is 0.480 e. The Morgan fingerprint density at radius 1 is 0.978 bits per heavy atom. The average molecular weight is 616 g/mol. The SMILES string of the molecule is O=C(COC1CC(CNc2ccccn2)N(C(=O)OCc2ccccc2)C1)NCC(NC(=O)C1(c2ccccc2)CC1)C(=O)O. The molecule has 0 radical (unpaired) electrons. The molecule has 2 aliphatic rings. The maximum Gasteiger partial charge on any atom is 0.410 e. The van der Waals surface area contributed by atoms with E-state index in [2.05, 4.69) is 20.9 Å². The third kappa shape index (κ3) is 8.36. The van der Waals surface area contributed by atoms with Crippen molar-refractivity contribution in [3.05, 3.63) is 96.2 Å².